The number of hydrogen-bond donors (Lipinski definition) is 1. The van der Waals surface area contributed by atoms with Gasteiger partial charge in [-0.15, -0.1) is 0 Å². The maximum absolute atomic E-state index is 13.9. The van der Waals surface area contributed by atoms with Gasteiger partial charge < -0.3 is 9.88 Å². The average molecular weight is 472 g/mol. The van der Waals surface area contributed by atoms with Crippen LogP contribution in [0.4, 0.5) is 0 Å². The zero-order valence-electron chi connectivity index (χ0n) is 19.4. The van der Waals surface area contributed by atoms with Crippen LogP contribution in [-0.4, -0.2) is 20.9 Å². The van der Waals surface area contributed by atoms with Crippen LogP contribution >= 0.6 is 11.6 Å². The molecule has 34 heavy (non-hydrogen) atoms. The highest BCUT2D eigenvalue weighted by atomic mass is 35.5. The van der Waals surface area contributed by atoms with Crippen molar-refractivity contribution in [1.29, 1.82) is 0 Å². The third kappa shape index (κ3) is 3.74. The summed E-state index contributed by atoms with van der Waals surface area (Å²) in [6.07, 6.45) is 11.2. The number of rotatable bonds is 4. The van der Waals surface area contributed by atoms with Crippen molar-refractivity contribution in [3.63, 3.8) is 0 Å². The van der Waals surface area contributed by atoms with E-state index in [1.807, 2.05) is 12.1 Å². The second kappa shape index (κ2) is 8.99. The van der Waals surface area contributed by atoms with E-state index in [1.54, 1.807) is 0 Å². The second-order valence-corrected chi connectivity index (χ2v) is 10.1. The molecule has 174 valence electrons. The Hall–Kier alpha value is -2.98. The molecule has 2 aromatic heterocycles. The SMILES string of the molecule is O=C(NC1CCCCC1)c1c(-c2ccc(Cl)cc2)c2c3n(c(-c4ccccc4)cn13)CCCC2. The van der Waals surface area contributed by atoms with E-state index < -0.39 is 0 Å². The van der Waals surface area contributed by atoms with Gasteiger partial charge in [-0.05, 0) is 55.4 Å². The van der Waals surface area contributed by atoms with Gasteiger partial charge in [0.25, 0.3) is 5.91 Å². The van der Waals surface area contributed by atoms with Gasteiger partial charge in [0.15, 0.2) is 0 Å². The first-order chi connectivity index (χ1) is 16.7. The molecule has 2 aliphatic rings. The van der Waals surface area contributed by atoms with Gasteiger partial charge in [0.2, 0.25) is 0 Å². The molecule has 5 heteroatoms. The van der Waals surface area contributed by atoms with E-state index in [1.165, 1.54) is 36.1 Å². The van der Waals surface area contributed by atoms with Crippen molar-refractivity contribution in [2.24, 2.45) is 0 Å². The Labute approximate surface area is 205 Å². The molecule has 0 spiro atoms. The van der Waals surface area contributed by atoms with Crippen LogP contribution in [0.5, 0.6) is 0 Å². The fraction of sp³-hybridized carbons (Fsp3) is 0.345. The summed E-state index contributed by atoms with van der Waals surface area (Å²) in [6, 6.07) is 18.7. The molecule has 0 saturated heterocycles. The predicted molar refractivity (Wildman–Crippen MR) is 139 cm³/mol. The van der Waals surface area contributed by atoms with Gasteiger partial charge in [0, 0.05) is 34.9 Å². The lowest BCUT2D eigenvalue weighted by Gasteiger charge is -2.23. The summed E-state index contributed by atoms with van der Waals surface area (Å²) in [7, 11) is 0. The van der Waals surface area contributed by atoms with E-state index in [2.05, 4.69) is 62.9 Å². The van der Waals surface area contributed by atoms with Crippen LogP contribution in [0.15, 0.2) is 60.8 Å². The van der Waals surface area contributed by atoms with Crippen molar-refractivity contribution in [2.75, 3.05) is 0 Å². The third-order valence-corrected chi connectivity index (χ3v) is 7.74. The van der Waals surface area contributed by atoms with E-state index in [9.17, 15) is 4.79 Å². The maximum Gasteiger partial charge on any atom is 0.269 e. The van der Waals surface area contributed by atoms with Gasteiger partial charge in [-0.3, -0.25) is 9.20 Å². The van der Waals surface area contributed by atoms with Gasteiger partial charge in [-0.25, -0.2) is 0 Å². The van der Waals surface area contributed by atoms with Crippen LogP contribution in [0.25, 0.3) is 28.0 Å². The summed E-state index contributed by atoms with van der Waals surface area (Å²) >= 11 is 6.22. The average Bonchev–Trinajstić information content (AvgIpc) is 3.29. The van der Waals surface area contributed by atoms with Crippen molar-refractivity contribution in [3.8, 4) is 22.4 Å². The molecule has 1 N–H and O–H groups in total. The number of amides is 1. The molecule has 0 radical (unpaired) electrons. The van der Waals surface area contributed by atoms with E-state index in [4.69, 9.17) is 11.6 Å². The number of nitrogens with one attached hydrogen (secondary N) is 1. The minimum absolute atomic E-state index is 0.0374. The predicted octanol–water partition coefficient (Wildman–Crippen LogP) is 7.13. The number of carbonyl (C=O) groups excluding carboxylic acids is 1. The number of aryl methyl sites for hydroxylation is 2. The Kier molecular flexibility index (Phi) is 5.70. The normalized spacial score (nSPS) is 16.5. The highest BCUT2D eigenvalue weighted by Gasteiger charge is 2.30. The molecule has 0 unspecified atom stereocenters. The first-order valence-corrected chi connectivity index (χ1v) is 13.0. The third-order valence-electron chi connectivity index (χ3n) is 7.49. The Morgan fingerprint density at radius 1 is 0.882 bits per heavy atom. The standard InChI is InChI=1S/C29H30ClN3O/c30-22-16-14-21(15-17-22)26-24-13-7-8-18-32-25(20-9-3-1-4-10-20)19-33(29(24)32)27(26)28(34)31-23-11-5-2-6-12-23/h1,3-4,9-10,14-17,19,23H,2,5-8,11-13,18H2,(H,31,34). The van der Waals surface area contributed by atoms with E-state index in [0.29, 0.717) is 5.02 Å². The molecule has 1 aliphatic heterocycles. The number of nitrogens with zero attached hydrogens (tertiary/aromatic N) is 2. The van der Waals surface area contributed by atoms with E-state index in [0.717, 1.165) is 61.1 Å². The summed E-state index contributed by atoms with van der Waals surface area (Å²) in [5.41, 5.74) is 7.68. The number of imidazole rings is 1. The van der Waals surface area contributed by atoms with Crippen LogP contribution in [0.3, 0.4) is 0 Å². The molecule has 4 nitrogen and oxygen atoms in total. The fourth-order valence-electron chi connectivity index (χ4n) is 5.88. The zero-order chi connectivity index (χ0) is 23.1. The summed E-state index contributed by atoms with van der Waals surface area (Å²) in [4.78, 5) is 13.9. The number of hydrogen-bond acceptors (Lipinski definition) is 1. The summed E-state index contributed by atoms with van der Waals surface area (Å²) in [6.45, 7) is 0.960. The lowest BCUT2D eigenvalue weighted by atomic mass is 9.94. The molecule has 1 saturated carbocycles. The molecular weight excluding hydrogens is 442 g/mol. The Morgan fingerprint density at radius 2 is 1.65 bits per heavy atom. The number of halogens is 1. The van der Waals surface area contributed by atoms with Crippen LogP contribution in [0.1, 0.15) is 61.0 Å². The lowest BCUT2D eigenvalue weighted by Crippen LogP contribution is -2.37. The molecule has 3 heterocycles. The maximum atomic E-state index is 13.9. The first kappa shape index (κ1) is 21.5. The second-order valence-electron chi connectivity index (χ2n) is 9.70. The smallest absolute Gasteiger partial charge is 0.269 e. The van der Waals surface area contributed by atoms with Gasteiger partial charge in [0.1, 0.15) is 11.3 Å². The largest absolute Gasteiger partial charge is 0.348 e. The van der Waals surface area contributed by atoms with Crippen molar-refractivity contribution in [3.05, 3.63) is 77.1 Å². The van der Waals surface area contributed by atoms with Gasteiger partial charge >= 0.3 is 0 Å². The highest BCUT2D eigenvalue weighted by Crippen LogP contribution is 2.39. The van der Waals surface area contributed by atoms with Gasteiger partial charge in [0.05, 0.1) is 5.69 Å². The molecule has 1 amide bonds. The lowest BCUT2D eigenvalue weighted by molar-refractivity contribution is 0.0922. The van der Waals surface area contributed by atoms with Crippen LogP contribution in [0, 0.1) is 0 Å². The minimum atomic E-state index is 0.0374. The van der Waals surface area contributed by atoms with E-state index >= 15 is 0 Å². The Bertz CT molecular complexity index is 1330. The molecule has 1 aliphatic carbocycles. The summed E-state index contributed by atoms with van der Waals surface area (Å²) in [5.74, 6) is 0.0374. The molecule has 4 aromatic rings. The van der Waals surface area contributed by atoms with Crippen LogP contribution in [-0.2, 0) is 13.0 Å². The zero-order valence-corrected chi connectivity index (χ0v) is 20.2. The Balaban J connectivity index is 1.57. The molecule has 6 rings (SSSR count). The molecule has 0 atom stereocenters. The quantitative estimate of drug-likeness (QED) is 0.338. The minimum Gasteiger partial charge on any atom is -0.348 e. The molecular formula is C29H30ClN3O. The number of carbonyl (C=O) groups is 1. The molecule has 2 aromatic carbocycles. The van der Waals surface area contributed by atoms with Crippen molar-refractivity contribution in [2.45, 2.75) is 64.0 Å². The van der Waals surface area contributed by atoms with Crippen LogP contribution < -0.4 is 5.32 Å². The number of aromatic nitrogens is 2. The van der Waals surface area contributed by atoms with Crippen molar-refractivity contribution in [1.82, 2.24) is 14.3 Å². The van der Waals surface area contributed by atoms with Gasteiger partial charge in [-0.2, -0.15) is 0 Å². The highest BCUT2D eigenvalue weighted by molar-refractivity contribution is 6.30. The number of benzene rings is 2. The summed E-state index contributed by atoms with van der Waals surface area (Å²) < 4.78 is 4.60. The van der Waals surface area contributed by atoms with E-state index in [-0.39, 0.29) is 11.9 Å². The molecule has 1 fully saturated rings. The first-order valence-electron chi connectivity index (χ1n) is 12.6. The molecule has 0 bridgehead atoms. The van der Waals surface area contributed by atoms with Gasteiger partial charge in [-0.1, -0.05) is 73.3 Å². The Morgan fingerprint density at radius 3 is 2.41 bits per heavy atom. The van der Waals surface area contributed by atoms with Crippen molar-refractivity contribution >= 4 is 23.2 Å². The van der Waals surface area contributed by atoms with Crippen LogP contribution in [0.2, 0.25) is 5.02 Å². The summed E-state index contributed by atoms with van der Waals surface area (Å²) in [5, 5.41) is 4.11. The van der Waals surface area contributed by atoms with Crippen molar-refractivity contribution < 1.29 is 4.79 Å². The monoisotopic (exact) mass is 471 g/mol. The topological polar surface area (TPSA) is 38.4 Å². The fourth-order valence-corrected chi connectivity index (χ4v) is 6.00.